The highest BCUT2D eigenvalue weighted by Crippen LogP contribution is 2.33. The van der Waals surface area contributed by atoms with Gasteiger partial charge in [0.25, 0.3) is 0 Å². The molecule has 1 amide bonds. The smallest absolute Gasteiger partial charge is 0.223 e. The molecule has 1 aromatic heterocycles. The van der Waals surface area contributed by atoms with Crippen molar-refractivity contribution in [3.8, 4) is 22.6 Å². The molecule has 0 aliphatic carbocycles. The first-order chi connectivity index (χ1) is 15.2. The molecule has 0 bridgehead atoms. The number of fused-ring (bicyclic) bond motifs is 1. The van der Waals surface area contributed by atoms with Crippen LogP contribution in [0.15, 0.2) is 65.1 Å². The van der Waals surface area contributed by atoms with Gasteiger partial charge in [0.2, 0.25) is 5.91 Å². The van der Waals surface area contributed by atoms with Crippen molar-refractivity contribution in [1.29, 1.82) is 0 Å². The Morgan fingerprint density at radius 2 is 1.74 bits per heavy atom. The molecule has 0 saturated carbocycles. The highest BCUT2D eigenvalue weighted by Gasteiger charge is 2.36. The third-order valence-corrected chi connectivity index (χ3v) is 6.57. The van der Waals surface area contributed by atoms with E-state index in [1.807, 2.05) is 60.7 Å². The second-order valence-corrected chi connectivity index (χ2v) is 8.70. The van der Waals surface area contributed by atoms with Crippen molar-refractivity contribution in [3.63, 3.8) is 0 Å². The molecule has 2 atom stereocenters. The molecule has 3 aromatic rings. The number of hydrogen-bond donors (Lipinski definition) is 0. The Morgan fingerprint density at radius 3 is 2.48 bits per heavy atom. The number of hydrogen-bond acceptors (Lipinski definition) is 4. The number of rotatable bonds is 5. The molecule has 2 saturated heterocycles. The summed E-state index contributed by atoms with van der Waals surface area (Å²) in [7, 11) is 0. The summed E-state index contributed by atoms with van der Waals surface area (Å²) in [5, 5.41) is 0. The van der Waals surface area contributed by atoms with Gasteiger partial charge in [0.15, 0.2) is 11.7 Å². The SMILES string of the molecule is CC1CN2CCCC2CN1C(=O)CCc1nc(-c2ccccc2)c(-c2ccccc2)o1. The number of oxazole rings is 1. The molecule has 3 heterocycles. The molecule has 5 rings (SSSR count). The van der Waals surface area contributed by atoms with Gasteiger partial charge in [-0.3, -0.25) is 9.69 Å². The van der Waals surface area contributed by atoms with Crippen molar-refractivity contribution in [1.82, 2.24) is 14.8 Å². The average molecular weight is 416 g/mol. The lowest BCUT2D eigenvalue weighted by Crippen LogP contribution is -2.56. The summed E-state index contributed by atoms with van der Waals surface area (Å²) >= 11 is 0. The van der Waals surface area contributed by atoms with Crippen molar-refractivity contribution in [2.75, 3.05) is 19.6 Å². The van der Waals surface area contributed by atoms with E-state index in [9.17, 15) is 4.79 Å². The van der Waals surface area contributed by atoms with Crippen LogP contribution in [0.4, 0.5) is 0 Å². The Labute approximate surface area is 183 Å². The summed E-state index contributed by atoms with van der Waals surface area (Å²) in [5.74, 6) is 1.60. The van der Waals surface area contributed by atoms with Gasteiger partial charge in [-0.2, -0.15) is 0 Å². The number of aryl methyl sites for hydroxylation is 1. The number of carbonyl (C=O) groups excluding carboxylic acids is 1. The van der Waals surface area contributed by atoms with E-state index in [1.54, 1.807) is 0 Å². The predicted octanol–water partition coefficient (Wildman–Crippen LogP) is 4.64. The molecule has 2 aromatic carbocycles. The Hall–Kier alpha value is -2.92. The summed E-state index contributed by atoms with van der Waals surface area (Å²) in [5.41, 5.74) is 2.85. The van der Waals surface area contributed by atoms with E-state index in [4.69, 9.17) is 9.40 Å². The van der Waals surface area contributed by atoms with Gasteiger partial charge in [-0.05, 0) is 26.3 Å². The highest BCUT2D eigenvalue weighted by molar-refractivity contribution is 5.78. The van der Waals surface area contributed by atoms with Gasteiger partial charge in [0.1, 0.15) is 5.69 Å². The van der Waals surface area contributed by atoms with Crippen LogP contribution in [-0.4, -0.2) is 52.4 Å². The lowest BCUT2D eigenvalue weighted by molar-refractivity contribution is -0.136. The van der Waals surface area contributed by atoms with Crippen molar-refractivity contribution in [3.05, 3.63) is 66.6 Å². The van der Waals surface area contributed by atoms with Gasteiger partial charge in [0.05, 0.1) is 0 Å². The minimum Gasteiger partial charge on any atom is -0.440 e. The summed E-state index contributed by atoms with van der Waals surface area (Å²) in [4.78, 5) is 22.5. The molecule has 0 N–H and O–H groups in total. The van der Waals surface area contributed by atoms with E-state index in [-0.39, 0.29) is 11.9 Å². The minimum atomic E-state index is 0.208. The number of carbonyl (C=O) groups is 1. The van der Waals surface area contributed by atoms with Crippen molar-refractivity contribution >= 4 is 5.91 Å². The second-order valence-electron chi connectivity index (χ2n) is 8.70. The van der Waals surface area contributed by atoms with Crippen molar-refractivity contribution in [2.45, 2.75) is 44.7 Å². The van der Waals surface area contributed by atoms with Crippen LogP contribution in [0.5, 0.6) is 0 Å². The second kappa shape index (κ2) is 8.67. The van der Waals surface area contributed by atoms with Crippen LogP contribution in [0.25, 0.3) is 22.6 Å². The van der Waals surface area contributed by atoms with E-state index in [2.05, 4.69) is 16.7 Å². The van der Waals surface area contributed by atoms with Crippen LogP contribution < -0.4 is 0 Å². The van der Waals surface area contributed by atoms with Gasteiger partial charge < -0.3 is 9.32 Å². The molecular weight excluding hydrogens is 386 g/mol. The van der Waals surface area contributed by atoms with E-state index in [0.29, 0.717) is 24.8 Å². The molecule has 2 unspecified atom stereocenters. The molecule has 0 radical (unpaired) electrons. The molecule has 31 heavy (non-hydrogen) atoms. The Kier molecular flexibility index (Phi) is 5.60. The highest BCUT2D eigenvalue weighted by atomic mass is 16.4. The van der Waals surface area contributed by atoms with E-state index >= 15 is 0 Å². The van der Waals surface area contributed by atoms with Crippen LogP contribution >= 0.6 is 0 Å². The fourth-order valence-electron chi connectivity index (χ4n) is 4.94. The zero-order valence-electron chi connectivity index (χ0n) is 18.0. The van der Waals surface area contributed by atoms with Crippen LogP contribution in [-0.2, 0) is 11.2 Å². The van der Waals surface area contributed by atoms with Gasteiger partial charge in [-0.15, -0.1) is 0 Å². The summed E-state index contributed by atoms with van der Waals surface area (Å²) in [6, 6.07) is 21.0. The number of nitrogens with zero attached hydrogens (tertiary/aromatic N) is 3. The van der Waals surface area contributed by atoms with Crippen molar-refractivity contribution in [2.24, 2.45) is 0 Å². The third kappa shape index (κ3) is 4.15. The third-order valence-electron chi connectivity index (χ3n) is 6.57. The van der Waals surface area contributed by atoms with Gasteiger partial charge in [-0.1, -0.05) is 60.7 Å². The average Bonchev–Trinajstić information content (AvgIpc) is 3.45. The lowest BCUT2D eigenvalue weighted by Gasteiger charge is -2.42. The number of piperazine rings is 1. The summed E-state index contributed by atoms with van der Waals surface area (Å²) < 4.78 is 6.20. The monoisotopic (exact) mass is 415 g/mol. The fraction of sp³-hybridized carbons (Fsp3) is 0.385. The molecule has 160 valence electrons. The number of aromatic nitrogens is 1. The Morgan fingerprint density at radius 1 is 1.03 bits per heavy atom. The maximum absolute atomic E-state index is 13.0. The zero-order chi connectivity index (χ0) is 21.2. The van der Waals surface area contributed by atoms with Gasteiger partial charge >= 0.3 is 0 Å². The first kappa shape index (κ1) is 20.0. The van der Waals surface area contributed by atoms with Crippen LogP contribution in [0.1, 0.15) is 32.1 Å². The van der Waals surface area contributed by atoms with Crippen molar-refractivity contribution < 1.29 is 9.21 Å². The number of amides is 1. The quantitative estimate of drug-likeness (QED) is 0.609. The van der Waals surface area contributed by atoms with Crippen LogP contribution in [0, 0.1) is 0 Å². The standard InChI is InChI=1S/C26H29N3O2/c1-19-17-28-16-8-13-22(28)18-29(19)24(30)15-14-23-27-25(20-9-4-2-5-10-20)26(31-23)21-11-6-3-7-12-21/h2-7,9-12,19,22H,8,13-18H2,1H3. The molecule has 2 aliphatic rings. The first-order valence-corrected chi connectivity index (χ1v) is 11.3. The minimum absolute atomic E-state index is 0.208. The Bertz CT molecular complexity index is 974. The summed E-state index contributed by atoms with van der Waals surface area (Å²) in [6.45, 7) is 5.19. The number of benzene rings is 2. The molecule has 5 heteroatoms. The molecule has 5 nitrogen and oxygen atoms in total. The van der Waals surface area contributed by atoms with Gasteiger partial charge in [-0.25, -0.2) is 4.98 Å². The molecule has 2 fully saturated rings. The molecule has 0 spiro atoms. The maximum atomic E-state index is 13.0. The van der Waals surface area contributed by atoms with Crippen LogP contribution in [0.3, 0.4) is 0 Å². The van der Waals surface area contributed by atoms with Gasteiger partial charge in [0, 0.05) is 49.1 Å². The lowest BCUT2D eigenvalue weighted by atomic mass is 10.1. The molecule has 2 aliphatic heterocycles. The van der Waals surface area contributed by atoms with E-state index in [0.717, 1.165) is 35.7 Å². The summed E-state index contributed by atoms with van der Waals surface area (Å²) in [6.07, 6.45) is 3.40. The Balaban J connectivity index is 1.34. The van der Waals surface area contributed by atoms with E-state index in [1.165, 1.54) is 19.4 Å². The first-order valence-electron chi connectivity index (χ1n) is 11.3. The maximum Gasteiger partial charge on any atom is 0.223 e. The largest absolute Gasteiger partial charge is 0.440 e. The predicted molar refractivity (Wildman–Crippen MR) is 121 cm³/mol. The zero-order valence-corrected chi connectivity index (χ0v) is 18.0. The fourth-order valence-corrected chi connectivity index (χ4v) is 4.94. The topological polar surface area (TPSA) is 49.6 Å². The van der Waals surface area contributed by atoms with E-state index < -0.39 is 0 Å². The normalized spacial score (nSPS) is 21.3. The molecular formula is C26H29N3O2. The van der Waals surface area contributed by atoms with Crippen LogP contribution in [0.2, 0.25) is 0 Å².